The summed E-state index contributed by atoms with van der Waals surface area (Å²) in [5.74, 6) is 0.869. The van der Waals surface area contributed by atoms with Gasteiger partial charge in [-0.2, -0.15) is 0 Å². The van der Waals surface area contributed by atoms with Crippen LogP contribution in [0.25, 0.3) is 10.8 Å². The van der Waals surface area contributed by atoms with Crippen LogP contribution >= 0.6 is 0 Å². The quantitative estimate of drug-likeness (QED) is 0.894. The zero-order valence-electron chi connectivity index (χ0n) is 12.3. The van der Waals surface area contributed by atoms with Gasteiger partial charge in [0.25, 0.3) is 0 Å². The van der Waals surface area contributed by atoms with E-state index < -0.39 is 0 Å². The van der Waals surface area contributed by atoms with E-state index in [1.807, 2.05) is 12.4 Å². The molecule has 3 rings (SSSR count). The van der Waals surface area contributed by atoms with E-state index in [-0.39, 0.29) is 0 Å². The molecule has 0 unspecified atom stereocenters. The molecule has 1 aromatic carbocycles. The van der Waals surface area contributed by atoms with Gasteiger partial charge in [0.05, 0.1) is 0 Å². The molecule has 20 heavy (non-hydrogen) atoms. The second-order valence-corrected chi connectivity index (χ2v) is 6.12. The number of nitrogens with zero attached hydrogens (tertiary/aromatic N) is 1. The fourth-order valence-electron chi connectivity index (χ4n) is 3.32. The smallest absolute Gasteiger partial charge is 0.0346 e. The van der Waals surface area contributed by atoms with Gasteiger partial charge in [0, 0.05) is 30.4 Å². The van der Waals surface area contributed by atoms with Crippen LogP contribution in [0.15, 0.2) is 36.7 Å². The monoisotopic (exact) mass is 268 g/mol. The lowest BCUT2D eigenvalue weighted by atomic mass is 9.84. The molecular formula is C18H24N2. The van der Waals surface area contributed by atoms with Crippen LogP contribution in [0.4, 0.5) is 0 Å². The van der Waals surface area contributed by atoms with E-state index in [0.717, 1.165) is 12.5 Å². The maximum absolute atomic E-state index is 4.16. The molecule has 0 amide bonds. The van der Waals surface area contributed by atoms with Crippen LogP contribution in [-0.4, -0.2) is 11.0 Å². The SMILES string of the molecule is C[C@@H](NCc1ccc2cnccc2c1)C1CCCCC1. The van der Waals surface area contributed by atoms with Crippen LogP contribution in [-0.2, 0) is 6.54 Å². The molecule has 2 heteroatoms. The molecule has 1 aliphatic rings. The Morgan fingerprint density at radius 1 is 1.15 bits per heavy atom. The molecular weight excluding hydrogens is 244 g/mol. The van der Waals surface area contributed by atoms with Crippen molar-refractivity contribution < 1.29 is 0 Å². The Bertz CT molecular complexity index is 558. The maximum atomic E-state index is 4.16. The van der Waals surface area contributed by atoms with Gasteiger partial charge >= 0.3 is 0 Å². The summed E-state index contributed by atoms with van der Waals surface area (Å²) in [7, 11) is 0. The number of fused-ring (bicyclic) bond motifs is 1. The minimum Gasteiger partial charge on any atom is -0.310 e. The zero-order chi connectivity index (χ0) is 13.8. The average Bonchev–Trinajstić information content (AvgIpc) is 2.53. The Hall–Kier alpha value is -1.41. The summed E-state index contributed by atoms with van der Waals surface area (Å²) in [4.78, 5) is 4.16. The number of nitrogens with one attached hydrogen (secondary N) is 1. The number of rotatable bonds is 4. The number of benzene rings is 1. The van der Waals surface area contributed by atoms with Gasteiger partial charge in [0.2, 0.25) is 0 Å². The van der Waals surface area contributed by atoms with E-state index in [1.165, 1.54) is 48.4 Å². The fraction of sp³-hybridized carbons (Fsp3) is 0.500. The number of pyridine rings is 1. The van der Waals surface area contributed by atoms with Crippen molar-refractivity contribution in [3.05, 3.63) is 42.2 Å². The average molecular weight is 268 g/mol. The van der Waals surface area contributed by atoms with Crippen LogP contribution in [0.5, 0.6) is 0 Å². The lowest BCUT2D eigenvalue weighted by molar-refractivity contribution is 0.280. The van der Waals surface area contributed by atoms with Crippen molar-refractivity contribution >= 4 is 10.8 Å². The summed E-state index contributed by atoms with van der Waals surface area (Å²) >= 11 is 0. The molecule has 106 valence electrons. The van der Waals surface area contributed by atoms with Crippen LogP contribution in [0, 0.1) is 5.92 Å². The lowest BCUT2D eigenvalue weighted by Gasteiger charge is -2.28. The highest BCUT2D eigenvalue weighted by atomic mass is 14.9. The minimum absolute atomic E-state index is 0.628. The van der Waals surface area contributed by atoms with Crippen LogP contribution in [0.3, 0.4) is 0 Å². The Morgan fingerprint density at radius 3 is 2.85 bits per heavy atom. The van der Waals surface area contributed by atoms with E-state index in [4.69, 9.17) is 0 Å². The predicted molar refractivity (Wildman–Crippen MR) is 84.6 cm³/mol. The molecule has 0 aliphatic heterocycles. The number of hydrogen-bond donors (Lipinski definition) is 1. The highest BCUT2D eigenvalue weighted by molar-refractivity contribution is 5.81. The molecule has 2 aromatic rings. The van der Waals surface area contributed by atoms with Crippen molar-refractivity contribution in [3.63, 3.8) is 0 Å². The highest BCUT2D eigenvalue weighted by Gasteiger charge is 2.19. The molecule has 1 atom stereocenters. The van der Waals surface area contributed by atoms with Crippen molar-refractivity contribution in [2.75, 3.05) is 0 Å². The molecule has 1 N–H and O–H groups in total. The van der Waals surface area contributed by atoms with Crippen molar-refractivity contribution in [2.24, 2.45) is 5.92 Å². The molecule has 0 spiro atoms. The van der Waals surface area contributed by atoms with Crippen molar-refractivity contribution in [1.82, 2.24) is 10.3 Å². The van der Waals surface area contributed by atoms with Gasteiger partial charge in [0.15, 0.2) is 0 Å². The van der Waals surface area contributed by atoms with Gasteiger partial charge in [-0.15, -0.1) is 0 Å². The number of aromatic nitrogens is 1. The Labute approximate surface area is 121 Å². The van der Waals surface area contributed by atoms with E-state index in [9.17, 15) is 0 Å². The fourth-order valence-corrected chi connectivity index (χ4v) is 3.32. The third-order valence-electron chi connectivity index (χ3n) is 4.69. The highest BCUT2D eigenvalue weighted by Crippen LogP contribution is 2.26. The molecule has 1 saturated carbocycles. The van der Waals surface area contributed by atoms with Gasteiger partial charge in [-0.25, -0.2) is 0 Å². The summed E-state index contributed by atoms with van der Waals surface area (Å²) in [6.45, 7) is 3.32. The Balaban J connectivity index is 1.61. The molecule has 0 bridgehead atoms. The van der Waals surface area contributed by atoms with Gasteiger partial charge in [-0.1, -0.05) is 31.4 Å². The third kappa shape index (κ3) is 3.18. The second kappa shape index (κ2) is 6.36. The molecule has 0 radical (unpaired) electrons. The van der Waals surface area contributed by atoms with Gasteiger partial charge in [-0.3, -0.25) is 4.98 Å². The van der Waals surface area contributed by atoms with Crippen molar-refractivity contribution in [1.29, 1.82) is 0 Å². The van der Waals surface area contributed by atoms with E-state index in [0.29, 0.717) is 6.04 Å². The summed E-state index contributed by atoms with van der Waals surface area (Å²) in [6, 6.07) is 9.37. The zero-order valence-corrected chi connectivity index (χ0v) is 12.3. The largest absolute Gasteiger partial charge is 0.310 e. The molecule has 1 aromatic heterocycles. The van der Waals surface area contributed by atoms with Gasteiger partial charge in [-0.05, 0) is 48.8 Å². The molecule has 1 heterocycles. The minimum atomic E-state index is 0.628. The van der Waals surface area contributed by atoms with E-state index >= 15 is 0 Å². The maximum Gasteiger partial charge on any atom is 0.0346 e. The molecule has 1 fully saturated rings. The molecule has 1 aliphatic carbocycles. The van der Waals surface area contributed by atoms with E-state index in [2.05, 4.69) is 41.5 Å². The summed E-state index contributed by atoms with van der Waals surface area (Å²) in [5.41, 5.74) is 1.37. The van der Waals surface area contributed by atoms with Crippen LogP contribution in [0.1, 0.15) is 44.6 Å². The summed E-state index contributed by atoms with van der Waals surface area (Å²) < 4.78 is 0. The van der Waals surface area contributed by atoms with Gasteiger partial charge in [0.1, 0.15) is 0 Å². The molecule has 2 nitrogen and oxygen atoms in total. The lowest BCUT2D eigenvalue weighted by Crippen LogP contribution is -2.34. The van der Waals surface area contributed by atoms with Crippen molar-refractivity contribution in [3.8, 4) is 0 Å². The first-order valence-corrected chi connectivity index (χ1v) is 7.89. The first-order valence-electron chi connectivity index (χ1n) is 7.89. The molecule has 0 saturated heterocycles. The predicted octanol–water partition coefficient (Wildman–Crippen LogP) is 4.29. The van der Waals surface area contributed by atoms with Crippen LogP contribution in [0.2, 0.25) is 0 Å². The first-order chi connectivity index (χ1) is 9.83. The normalized spacial score (nSPS) is 18.2. The Kier molecular flexibility index (Phi) is 4.31. The van der Waals surface area contributed by atoms with Crippen molar-refractivity contribution in [2.45, 2.75) is 51.6 Å². The first kappa shape index (κ1) is 13.6. The standard InChI is InChI=1S/C18H24N2/c1-14(16-5-3-2-4-6-16)20-12-15-7-8-18-13-19-10-9-17(18)11-15/h7-11,13-14,16,20H,2-6,12H2,1H3/t14-/m1/s1. The second-order valence-electron chi connectivity index (χ2n) is 6.12. The third-order valence-corrected chi connectivity index (χ3v) is 4.69. The van der Waals surface area contributed by atoms with E-state index in [1.54, 1.807) is 0 Å². The number of hydrogen-bond acceptors (Lipinski definition) is 2. The summed E-state index contributed by atoms with van der Waals surface area (Å²) in [6.07, 6.45) is 10.9. The topological polar surface area (TPSA) is 24.9 Å². The Morgan fingerprint density at radius 2 is 2.00 bits per heavy atom. The van der Waals surface area contributed by atoms with Crippen LogP contribution < -0.4 is 5.32 Å². The summed E-state index contributed by atoms with van der Waals surface area (Å²) in [5, 5.41) is 6.22. The van der Waals surface area contributed by atoms with Gasteiger partial charge < -0.3 is 5.32 Å².